The number of aryl methyl sites for hydroxylation is 1. The number of rotatable bonds is 2. The van der Waals surface area contributed by atoms with Crippen LogP contribution in [0.3, 0.4) is 0 Å². The molecular weight excluding hydrogens is 338 g/mol. The van der Waals surface area contributed by atoms with Crippen molar-refractivity contribution in [2.45, 2.75) is 12.5 Å². The van der Waals surface area contributed by atoms with Crippen LogP contribution in [-0.4, -0.2) is 75.2 Å². The number of hydrogen-bond donors (Lipinski definition) is 2. The van der Waals surface area contributed by atoms with Crippen molar-refractivity contribution >= 4 is 11.8 Å². The number of morpholine rings is 1. The molecule has 0 unspecified atom stereocenters. The fourth-order valence-corrected chi connectivity index (χ4v) is 3.44. The molecule has 0 aromatic carbocycles. The minimum absolute atomic E-state index is 0.0932. The summed E-state index contributed by atoms with van der Waals surface area (Å²) in [7, 11) is 0. The van der Waals surface area contributed by atoms with E-state index in [-0.39, 0.29) is 11.6 Å². The molecule has 4 heterocycles. The fraction of sp³-hybridized carbons (Fsp3) is 0.412. The molecule has 2 aliphatic rings. The van der Waals surface area contributed by atoms with Crippen LogP contribution in [0.25, 0.3) is 0 Å². The number of likely N-dealkylation sites (tertiary alicyclic amines) is 1. The lowest BCUT2D eigenvalue weighted by Crippen LogP contribution is -2.71. The second-order valence-corrected chi connectivity index (χ2v) is 6.77. The highest BCUT2D eigenvalue weighted by Crippen LogP contribution is 2.30. The number of H-pyrrole nitrogens is 2. The van der Waals surface area contributed by atoms with Crippen molar-refractivity contribution in [3.05, 3.63) is 51.7 Å². The first-order valence-corrected chi connectivity index (χ1v) is 8.40. The van der Waals surface area contributed by atoms with Crippen LogP contribution in [0.2, 0.25) is 0 Å². The summed E-state index contributed by atoms with van der Waals surface area (Å²) in [6, 6.07) is 4.85. The molecule has 2 fully saturated rings. The van der Waals surface area contributed by atoms with Gasteiger partial charge in [-0.1, -0.05) is 0 Å². The molecule has 0 aliphatic carbocycles. The summed E-state index contributed by atoms with van der Waals surface area (Å²) >= 11 is 0. The van der Waals surface area contributed by atoms with Gasteiger partial charge in [-0.2, -0.15) is 5.10 Å². The zero-order valence-electron chi connectivity index (χ0n) is 14.3. The number of nitrogens with zero attached hydrogens (tertiary/aromatic N) is 3. The lowest BCUT2D eigenvalue weighted by Gasteiger charge is -2.53. The van der Waals surface area contributed by atoms with Crippen molar-refractivity contribution < 1.29 is 14.3 Å². The van der Waals surface area contributed by atoms with Gasteiger partial charge in [0.05, 0.1) is 26.2 Å². The summed E-state index contributed by atoms with van der Waals surface area (Å²) in [5.74, 6) is -0.507. The maximum Gasteiger partial charge on any atom is 0.278 e. The number of carbonyl (C=O) groups is 2. The van der Waals surface area contributed by atoms with E-state index in [9.17, 15) is 14.4 Å². The first kappa shape index (κ1) is 16.5. The molecule has 2 saturated heterocycles. The topological polar surface area (TPSA) is 111 Å². The number of aromatic nitrogens is 3. The molecular formula is C17H19N5O4. The molecule has 0 atom stereocenters. The summed E-state index contributed by atoms with van der Waals surface area (Å²) in [5, 5.41) is 6.55. The second-order valence-electron chi connectivity index (χ2n) is 6.77. The van der Waals surface area contributed by atoms with Crippen LogP contribution < -0.4 is 5.43 Å². The Morgan fingerprint density at radius 3 is 2.69 bits per heavy atom. The molecule has 9 heteroatoms. The van der Waals surface area contributed by atoms with Crippen molar-refractivity contribution in [3.63, 3.8) is 0 Å². The third-order valence-corrected chi connectivity index (χ3v) is 4.74. The smallest absolute Gasteiger partial charge is 0.278 e. The van der Waals surface area contributed by atoms with Gasteiger partial charge < -0.3 is 19.5 Å². The third-order valence-electron chi connectivity index (χ3n) is 4.74. The van der Waals surface area contributed by atoms with Gasteiger partial charge in [-0.05, 0) is 19.1 Å². The van der Waals surface area contributed by atoms with Crippen molar-refractivity contribution in [1.29, 1.82) is 0 Å². The Hall–Kier alpha value is -2.94. The monoisotopic (exact) mass is 357 g/mol. The number of ether oxygens (including phenoxy) is 1. The first-order valence-electron chi connectivity index (χ1n) is 8.40. The second kappa shape index (κ2) is 6.10. The molecule has 9 nitrogen and oxygen atoms in total. The average molecular weight is 357 g/mol. The highest BCUT2D eigenvalue weighted by molar-refractivity contribution is 5.94. The van der Waals surface area contributed by atoms with Crippen LogP contribution in [0.5, 0.6) is 0 Å². The maximum absolute atomic E-state index is 12.7. The molecule has 26 heavy (non-hydrogen) atoms. The van der Waals surface area contributed by atoms with Crippen molar-refractivity contribution in [2.75, 3.05) is 32.8 Å². The molecule has 0 saturated carbocycles. The third kappa shape index (κ3) is 2.80. The average Bonchev–Trinajstić information content (AvgIpc) is 3.13. The summed E-state index contributed by atoms with van der Waals surface area (Å²) in [4.78, 5) is 43.2. The predicted molar refractivity (Wildman–Crippen MR) is 90.9 cm³/mol. The number of aromatic amines is 2. The van der Waals surface area contributed by atoms with Crippen LogP contribution in [0.1, 0.15) is 26.7 Å². The molecule has 136 valence electrons. The summed E-state index contributed by atoms with van der Waals surface area (Å²) in [6.45, 7) is 3.60. The van der Waals surface area contributed by atoms with E-state index in [1.165, 1.54) is 6.07 Å². The largest absolute Gasteiger partial charge is 0.368 e. The van der Waals surface area contributed by atoms with E-state index in [1.807, 2.05) is 0 Å². The molecule has 2 N–H and O–H groups in total. The fourth-order valence-electron chi connectivity index (χ4n) is 3.44. The molecule has 2 aromatic rings. The minimum atomic E-state index is -0.576. The van der Waals surface area contributed by atoms with Gasteiger partial charge in [0.15, 0.2) is 5.69 Å². The highest BCUT2D eigenvalue weighted by atomic mass is 16.5. The minimum Gasteiger partial charge on any atom is -0.368 e. The van der Waals surface area contributed by atoms with Gasteiger partial charge in [0.25, 0.3) is 11.8 Å². The normalized spacial score (nSPS) is 18.7. The van der Waals surface area contributed by atoms with Gasteiger partial charge >= 0.3 is 0 Å². The predicted octanol–water partition coefficient (Wildman–Crippen LogP) is -0.226. The van der Waals surface area contributed by atoms with Crippen LogP contribution in [-0.2, 0) is 4.74 Å². The quantitative estimate of drug-likeness (QED) is 0.771. The Labute approximate surface area is 148 Å². The lowest BCUT2D eigenvalue weighted by molar-refractivity contribution is -0.164. The first-order chi connectivity index (χ1) is 12.5. The maximum atomic E-state index is 12.7. The van der Waals surface area contributed by atoms with E-state index in [2.05, 4.69) is 15.2 Å². The van der Waals surface area contributed by atoms with Gasteiger partial charge in [0.1, 0.15) is 11.3 Å². The Kier molecular flexibility index (Phi) is 3.87. The van der Waals surface area contributed by atoms with E-state index in [0.29, 0.717) is 44.2 Å². The van der Waals surface area contributed by atoms with Gasteiger partial charge in [-0.15, -0.1) is 0 Å². The van der Waals surface area contributed by atoms with Crippen LogP contribution in [0, 0.1) is 6.92 Å². The van der Waals surface area contributed by atoms with Gasteiger partial charge in [0, 0.05) is 24.5 Å². The van der Waals surface area contributed by atoms with Crippen LogP contribution >= 0.6 is 0 Å². The zero-order chi connectivity index (χ0) is 18.3. The lowest BCUT2D eigenvalue weighted by atomic mass is 9.91. The molecule has 0 radical (unpaired) electrons. The summed E-state index contributed by atoms with van der Waals surface area (Å²) in [6.07, 6.45) is 1.70. The van der Waals surface area contributed by atoms with E-state index < -0.39 is 16.9 Å². The summed E-state index contributed by atoms with van der Waals surface area (Å²) in [5.41, 5.74) is 0.0323. The molecule has 0 bridgehead atoms. The number of amides is 2. The number of nitrogens with one attached hydrogen (secondary N) is 2. The van der Waals surface area contributed by atoms with E-state index in [1.54, 1.807) is 35.1 Å². The molecule has 2 aromatic heterocycles. The molecule has 2 aliphatic heterocycles. The van der Waals surface area contributed by atoms with E-state index in [4.69, 9.17) is 4.74 Å². The standard InChI is InChI=1S/C17H19N5O4/c1-11-7-13(23)14(20-19-11)16(25)21-5-6-26-17(8-21)9-22(10-17)15(24)12-3-2-4-18-12/h2-4,7,18H,5-6,8-10H2,1H3,(H,19,23). The van der Waals surface area contributed by atoms with Gasteiger partial charge in [-0.3, -0.25) is 19.5 Å². The van der Waals surface area contributed by atoms with Crippen LogP contribution in [0.15, 0.2) is 29.2 Å². The number of hydrogen-bond acceptors (Lipinski definition) is 5. The van der Waals surface area contributed by atoms with Crippen molar-refractivity contribution in [1.82, 2.24) is 25.0 Å². The van der Waals surface area contributed by atoms with Gasteiger partial charge in [0.2, 0.25) is 5.43 Å². The molecule has 1 spiro atoms. The van der Waals surface area contributed by atoms with Crippen molar-refractivity contribution in [3.8, 4) is 0 Å². The Morgan fingerprint density at radius 2 is 2.00 bits per heavy atom. The van der Waals surface area contributed by atoms with E-state index in [0.717, 1.165) is 0 Å². The Morgan fingerprint density at radius 1 is 1.23 bits per heavy atom. The van der Waals surface area contributed by atoms with Crippen molar-refractivity contribution in [2.24, 2.45) is 0 Å². The Balaban J connectivity index is 1.44. The number of carbonyl (C=O) groups excluding carboxylic acids is 2. The Bertz CT molecular complexity index is 898. The van der Waals surface area contributed by atoms with Crippen LogP contribution in [0.4, 0.5) is 0 Å². The summed E-state index contributed by atoms with van der Waals surface area (Å²) < 4.78 is 5.86. The molecule has 2 amide bonds. The molecule has 4 rings (SSSR count). The zero-order valence-corrected chi connectivity index (χ0v) is 14.3. The SMILES string of the molecule is Cc1cc(=O)c(C(=O)N2CCOC3(CN(C(=O)c4ccc[nH]4)C3)C2)n[nH]1. The van der Waals surface area contributed by atoms with E-state index >= 15 is 0 Å². The highest BCUT2D eigenvalue weighted by Gasteiger charge is 2.50. The van der Waals surface area contributed by atoms with Gasteiger partial charge in [-0.25, -0.2) is 0 Å².